The summed E-state index contributed by atoms with van der Waals surface area (Å²) in [6, 6.07) is 8.02. The van der Waals surface area contributed by atoms with Crippen LogP contribution in [0, 0.1) is 0 Å². The summed E-state index contributed by atoms with van der Waals surface area (Å²) in [6.07, 6.45) is 0.00337. The molecule has 2 aliphatic heterocycles. The highest BCUT2D eigenvalue weighted by molar-refractivity contribution is 5.74. The standard InChI is InChI=1S/C15H20N2O3/c1-12-10-17(15(18)16-6-8-19-9-7-16)11-13-4-2-3-5-14(13)20-12/h2-5,12H,6-11H2,1H3. The summed E-state index contributed by atoms with van der Waals surface area (Å²) in [5.74, 6) is 0.886. The number of hydrogen-bond donors (Lipinski definition) is 0. The number of hydrogen-bond acceptors (Lipinski definition) is 3. The van der Waals surface area contributed by atoms with Crippen LogP contribution in [0.25, 0.3) is 0 Å². The Morgan fingerprint density at radius 3 is 2.75 bits per heavy atom. The van der Waals surface area contributed by atoms with Crippen LogP contribution in [0.2, 0.25) is 0 Å². The van der Waals surface area contributed by atoms with Gasteiger partial charge in [-0.05, 0) is 13.0 Å². The lowest BCUT2D eigenvalue weighted by Crippen LogP contribution is -2.49. The van der Waals surface area contributed by atoms with E-state index >= 15 is 0 Å². The Morgan fingerprint density at radius 1 is 1.20 bits per heavy atom. The third-order valence-electron chi connectivity index (χ3n) is 3.69. The Hall–Kier alpha value is -1.75. The van der Waals surface area contributed by atoms with E-state index in [1.807, 2.05) is 41.0 Å². The molecule has 2 heterocycles. The van der Waals surface area contributed by atoms with Gasteiger partial charge in [-0.2, -0.15) is 0 Å². The molecule has 1 unspecified atom stereocenters. The molecule has 1 fully saturated rings. The van der Waals surface area contributed by atoms with Crippen molar-refractivity contribution in [3.63, 3.8) is 0 Å². The zero-order valence-electron chi connectivity index (χ0n) is 11.7. The van der Waals surface area contributed by atoms with Crippen molar-refractivity contribution in [2.45, 2.75) is 19.6 Å². The number of ether oxygens (including phenoxy) is 2. The summed E-state index contributed by atoms with van der Waals surface area (Å²) in [5, 5.41) is 0. The fourth-order valence-corrected chi connectivity index (χ4v) is 2.68. The number of carbonyl (C=O) groups excluding carboxylic acids is 1. The minimum Gasteiger partial charge on any atom is -0.489 e. The lowest BCUT2D eigenvalue weighted by molar-refractivity contribution is 0.0403. The van der Waals surface area contributed by atoms with Crippen LogP contribution in [0.3, 0.4) is 0 Å². The Bertz CT molecular complexity index is 486. The maximum atomic E-state index is 12.6. The molecule has 0 aromatic heterocycles. The second-order valence-electron chi connectivity index (χ2n) is 5.30. The number of amides is 2. The van der Waals surface area contributed by atoms with Gasteiger partial charge in [-0.1, -0.05) is 18.2 Å². The Kier molecular flexibility index (Phi) is 3.78. The van der Waals surface area contributed by atoms with Gasteiger partial charge in [0, 0.05) is 18.7 Å². The van der Waals surface area contributed by atoms with Gasteiger partial charge in [0.25, 0.3) is 0 Å². The van der Waals surface area contributed by atoms with Gasteiger partial charge in [0.15, 0.2) is 0 Å². The molecular formula is C15H20N2O3. The van der Waals surface area contributed by atoms with Gasteiger partial charge in [-0.25, -0.2) is 4.79 Å². The molecule has 2 aliphatic rings. The van der Waals surface area contributed by atoms with Gasteiger partial charge < -0.3 is 19.3 Å². The topological polar surface area (TPSA) is 42.0 Å². The van der Waals surface area contributed by atoms with E-state index in [-0.39, 0.29) is 12.1 Å². The van der Waals surface area contributed by atoms with Crippen LogP contribution in [0.1, 0.15) is 12.5 Å². The molecule has 5 heteroatoms. The first-order valence-corrected chi connectivity index (χ1v) is 7.10. The van der Waals surface area contributed by atoms with Gasteiger partial charge >= 0.3 is 6.03 Å². The average Bonchev–Trinajstić information content (AvgIpc) is 2.65. The largest absolute Gasteiger partial charge is 0.489 e. The van der Waals surface area contributed by atoms with Crippen LogP contribution >= 0.6 is 0 Å². The van der Waals surface area contributed by atoms with Crippen LogP contribution in [0.5, 0.6) is 5.75 Å². The number of para-hydroxylation sites is 1. The molecule has 1 atom stereocenters. The minimum absolute atomic E-state index is 0.00337. The maximum Gasteiger partial charge on any atom is 0.320 e. The molecule has 2 amide bonds. The first kappa shape index (κ1) is 13.2. The third-order valence-corrected chi connectivity index (χ3v) is 3.69. The van der Waals surface area contributed by atoms with Gasteiger partial charge in [0.1, 0.15) is 11.9 Å². The molecule has 0 radical (unpaired) electrons. The number of nitrogens with zero attached hydrogens (tertiary/aromatic N) is 2. The molecule has 5 nitrogen and oxygen atoms in total. The lowest BCUT2D eigenvalue weighted by Gasteiger charge is -2.32. The summed E-state index contributed by atoms with van der Waals surface area (Å²) in [7, 11) is 0. The third kappa shape index (κ3) is 2.72. The summed E-state index contributed by atoms with van der Waals surface area (Å²) >= 11 is 0. The molecule has 0 saturated carbocycles. The second-order valence-corrected chi connectivity index (χ2v) is 5.30. The smallest absolute Gasteiger partial charge is 0.320 e. The molecule has 20 heavy (non-hydrogen) atoms. The van der Waals surface area contributed by atoms with Crippen LogP contribution in [-0.4, -0.2) is 54.8 Å². The van der Waals surface area contributed by atoms with Crippen LogP contribution < -0.4 is 4.74 Å². The number of rotatable bonds is 0. The van der Waals surface area contributed by atoms with Crippen molar-refractivity contribution in [3.05, 3.63) is 29.8 Å². The summed E-state index contributed by atoms with van der Waals surface area (Å²) < 4.78 is 11.2. The van der Waals surface area contributed by atoms with Crippen molar-refractivity contribution in [1.29, 1.82) is 0 Å². The molecule has 0 bridgehead atoms. The van der Waals surface area contributed by atoms with Crippen molar-refractivity contribution < 1.29 is 14.3 Å². The Labute approximate surface area is 119 Å². The van der Waals surface area contributed by atoms with E-state index in [0.29, 0.717) is 39.4 Å². The van der Waals surface area contributed by atoms with E-state index in [4.69, 9.17) is 9.47 Å². The summed E-state index contributed by atoms with van der Waals surface area (Å²) in [4.78, 5) is 16.3. The second kappa shape index (κ2) is 5.71. The quantitative estimate of drug-likeness (QED) is 0.724. The highest BCUT2D eigenvalue weighted by atomic mass is 16.5. The monoisotopic (exact) mass is 276 g/mol. The van der Waals surface area contributed by atoms with Crippen LogP contribution in [0.4, 0.5) is 4.79 Å². The molecule has 1 aromatic rings. The molecule has 0 N–H and O–H groups in total. The van der Waals surface area contributed by atoms with E-state index in [1.54, 1.807) is 0 Å². The SMILES string of the molecule is CC1CN(C(=O)N2CCOCC2)Cc2ccccc2O1. The van der Waals surface area contributed by atoms with Crippen LogP contribution in [0.15, 0.2) is 24.3 Å². The predicted molar refractivity (Wildman–Crippen MR) is 74.7 cm³/mol. The molecule has 108 valence electrons. The fraction of sp³-hybridized carbons (Fsp3) is 0.533. The van der Waals surface area contributed by atoms with Gasteiger partial charge in [0.05, 0.1) is 26.3 Å². The zero-order valence-corrected chi connectivity index (χ0v) is 11.7. The zero-order chi connectivity index (χ0) is 13.9. The molecular weight excluding hydrogens is 256 g/mol. The van der Waals surface area contributed by atoms with E-state index in [0.717, 1.165) is 11.3 Å². The number of carbonyl (C=O) groups is 1. The average molecular weight is 276 g/mol. The minimum atomic E-state index is 0.00337. The molecule has 1 saturated heterocycles. The van der Waals surface area contributed by atoms with E-state index < -0.39 is 0 Å². The van der Waals surface area contributed by atoms with E-state index in [2.05, 4.69) is 0 Å². The molecule has 1 aromatic carbocycles. The Morgan fingerprint density at radius 2 is 1.95 bits per heavy atom. The summed E-state index contributed by atoms with van der Waals surface area (Å²) in [6.45, 7) is 5.83. The van der Waals surface area contributed by atoms with Gasteiger partial charge in [-0.3, -0.25) is 0 Å². The van der Waals surface area contributed by atoms with Crippen molar-refractivity contribution in [2.75, 3.05) is 32.8 Å². The van der Waals surface area contributed by atoms with Crippen molar-refractivity contribution in [2.24, 2.45) is 0 Å². The Balaban J connectivity index is 1.77. The van der Waals surface area contributed by atoms with Gasteiger partial charge in [0.2, 0.25) is 0 Å². The molecule has 3 rings (SSSR count). The van der Waals surface area contributed by atoms with Crippen molar-refractivity contribution >= 4 is 6.03 Å². The molecule has 0 spiro atoms. The maximum absolute atomic E-state index is 12.6. The number of benzene rings is 1. The highest BCUT2D eigenvalue weighted by Gasteiger charge is 2.27. The number of urea groups is 1. The van der Waals surface area contributed by atoms with Gasteiger partial charge in [-0.15, -0.1) is 0 Å². The normalized spacial score (nSPS) is 22.8. The van der Waals surface area contributed by atoms with E-state index in [9.17, 15) is 4.79 Å². The predicted octanol–water partition coefficient (Wildman–Crippen LogP) is 1.72. The first-order valence-electron chi connectivity index (χ1n) is 7.10. The lowest BCUT2D eigenvalue weighted by atomic mass is 10.2. The first-order chi connectivity index (χ1) is 9.74. The van der Waals surface area contributed by atoms with Crippen molar-refractivity contribution in [1.82, 2.24) is 9.80 Å². The number of fused-ring (bicyclic) bond motifs is 1. The number of morpholine rings is 1. The van der Waals surface area contributed by atoms with E-state index in [1.165, 1.54) is 0 Å². The van der Waals surface area contributed by atoms with Crippen molar-refractivity contribution in [3.8, 4) is 5.75 Å². The summed E-state index contributed by atoms with van der Waals surface area (Å²) in [5.41, 5.74) is 1.07. The molecule has 0 aliphatic carbocycles. The highest BCUT2D eigenvalue weighted by Crippen LogP contribution is 2.25. The fourth-order valence-electron chi connectivity index (χ4n) is 2.68. The van der Waals surface area contributed by atoms with Crippen LogP contribution in [-0.2, 0) is 11.3 Å².